The van der Waals surface area contributed by atoms with Crippen LogP contribution < -0.4 is 5.32 Å². The highest BCUT2D eigenvalue weighted by Crippen LogP contribution is 2.47. The molecular formula is C25H28N2O. The fraction of sp³-hybridized carbons (Fsp3) is 0.360. The average Bonchev–Trinajstić information content (AvgIpc) is 3.14. The van der Waals surface area contributed by atoms with Crippen LogP contribution in [-0.2, 0) is 12.0 Å². The summed E-state index contributed by atoms with van der Waals surface area (Å²) >= 11 is 0. The molecule has 2 heterocycles. The van der Waals surface area contributed by atoms with Gasteiger partial charge in [0.05, 0.1) is 11.6 Å². The molecule has 0 amide bonds. The number of fused-ring (bicyclic) bond motifs is 4. The van der Waals surface area contributed by atoms with Gasteiger partial charge in [0.25, 0.3) is 0 Å². The van der Waals surface area contributed by atoms with Gasteiger partial charge in [0, 0.05) is 29.1 Å². The lowest BCUT2D eigenvalue weighted by atomic mass is 9.66. The van der Waals surface area contributed by atoms with Crippen molar-refractivity contribution in [1.82, 2.24) is 10.3 Å². The number of hydrogen-bond donors (Lipinski definition) is 3. The summed E-state index contributed by atoms with van der Waals surface area (Å²) < 4.78 is 0. The van der Waals surface area contributed by atoms with Gasteiger partial charge in [-0.25, -0.2) is 0 Å². The molecule has 2 aromatic carbocycles. The third-order valence-electron chi connectivity index (χ3n) is 6.74. The summed E-state index contributed by atoms with van der Waals surface area (Å²) in [6.07, 6.45) is 9.13. The van der Waals surface area contributed by atoms with Crippen molar-refractivity contribution in [2.24, 2.45) is 5.92 Å². The number of H-pyrrole nitrogens is 1. The monoisotopic (exact) mass is 372 g/mol. The fourth-order valence-corrected chi connectivity index (χ4v) is 5.44. The zero-order valence-electron chi connectivity index (χ0n) is 16.2. The molecule has 3 unspecified atom stereocenters. The van der Waals surface area contributed by atoms with Crippen molar-refractivity contribution in [2.45, 2.75) is 43.7 Å². The molecule has 2 aliphatic rings. The van der Waals surface area contributed by atoms with Crippen molar-refractivity contribution < 1.29 is 5.11 Å². The van der Waals surface area contributed by atoms with Gasteiger partial charge in [0.1, 0.15) is 0 Å². The van der Waals surface area contributed by atoms with Crippen molar-refractivity contribution in [3.63, 3.8) is 0 Å². The first-order valence-corrected chi connectivity index (χ1v) is 10.5. The van der Waals surface area contributed by atoms with E-state index in [1.807, 2.05) is 24.3 Å². The SMILES string of the molecule is OC(/C=C/c1ccccc1)C1CCCCC12NCCc1c2[nH]c2ccccc12. The number of aromatic amines is 1. The average molecular weight is 373 g/mol. The Hall–Kier alpha value is -2.36. The first-order chi connectivity index (χ1) is 13.8. The van der Waals surface area contributed by atoms with Crippen LogP contribution in [-0.4, -0.2) is 22.7 Å². The molecule has 0 radical (unpaired) electrons. The van der Waals surface area contributed by atoms with Gasteiger partial charge in [0.15, 0.2) is 0 Å². The van der Waals surface area contributed by atoms with Crippen LogP contribution >= 0.6 is 0 Å². The third-order valence-corrected chi connectivity index (χ3v) is 6.74. The summed E-state index contributed by atoms with van der Waals surface area (Å²) in [5, 5.41) is 16.4. The van der Waals surface area contributed by atoms with E-state index in [-0.39, 0.29) is 11.5 Å². The van der Waals surface area contributed by atoms with Gasteiger partial charge >= 0.3 is 0 Å². The van der Waals surface area contributed by atoms with Crippen molar-refractivity contribution >= 4 is 17.0 Å². The van der Waals surface area contributed by atoms with E-state index in [0.29, 0.717) is 0 Å². The Morgan fingerprint density at radius 3 is 2.75 bits per heavy atom. The van der Waals surface area contributed by atoms with Crippen molar-refractivity contribution in [3.8, 4) is 0 Å². The number of aliphatic hydroxyl groups is 1. The minimum Gasteiger partial charge on any atom is -0.389 e. The summed E-state index contributed by atoms with van der Waals surface area (Å²) in [6.45, 7) is 0.973. The molecule has 3 N–H and O–H groups in total. The highest BCUT2D eigenvalue weighted by molar-refractivity contribution is 5.85. The predicted octanol–water partition coefficient (Wildman–Crippen LogP) is 4.77. The van der Waals surface area contributed by atoms with Crippen LogP contribution in [0.5, 0.6) is 0 Å². The number of hydrogen-bond acceptors (Lipinski definition) is 2. The van der Waals surface area contributed by atoms with E-state index in [4.69, 9.17) is 0 Å². The molecule has 1 aliphatic heterocycles. The van der Waals surface area contributed by atoms with Crippen molar-refractivity contribution in [1.29, 1.82) is 0 Å². The standard InChI is InChI=1S/C25H28N2O/c28-23(14-13-18-8-2-1-3-9-18)21-11-6-7-16-25(21)24-20(15-17-26-25)19-10-4-5-12-22(19)27-24/h1-5,8-10,12-14,21,23,26-28H,6-7,11,15-17H2/b14-13+. The number of aromatic nitrogens is 1. The third kappa shape index (κ3) is 2.90. The topological polar surface area (TPSA) is 48.0 Å². The van der Waals surface area contributed by atoms with E-state index in [0.717, 1.165) is 31.4 Å². The first-order valence-electron chi connectivity index (χ1n) is 10.5. The quantitative estimate of drug-likeness (QED) is 0.620. The Morgan fingerprint density at radius 1 is 1.04 bits per heavy atom. The zero-order valence-corrected chi connectivity index (χ0v) is 16.2. The van der Waals surface area contributed by atoms with Crippen LogP contribution in [0.4, 0.5) is 0 Å². The Bertz CT molecular complexity index is 990. The van der Waals surface area contributed by atoms with Crippen LogP contribution in [0.1, 0.15) is 42.5 Å². The van der Waals surface area contributed by atoms with Crippen LogP contribution in [0.2, 0.25) is 0 Å². The number of rotatable bonds is 3. The van der Waals surface area contributed by atoms with Crippen molar-refractivity contribution in [3.05, 3.63) is 77.5 Å². The Labute approximate surface area is 166 Å². The molecule has 144 valence electrons. The highest BCUT2D eigenvalue weighted by Gasteiger charge is 2.48. The molecule has 28 heavy (non-hydrogen) atoms. The minimum absolute atomic E-state index is 0.161. The largest absolute Gasteiger partial charge is 0.389 e. The molecule has 1 aliphatic carbocycles. The maximum atomic E-state index is 11.2. The smallest absolute Gasteiger partial charge is 0.0773 e. The van der Waals surface area contributed by atoms with Gasteiger partial charge in [-0.2, -0.15) is 0 Å². The van der Waals surface area contributed by atoms with E-state index >= 15 is 0 Å². The molecule has 1 fully saturated rings. The van der Waals surface area contributed by atoms with Gasteiger partial charge in [0.2, 0.25) is 0 Å². The molecule has 1 saturated carbocycles. The summed E-state index contributed by atoms with van der Waals surface area (Å²) in [5.41, 5.74) is 4.95. The molecule has 3 atom stereocenters. The molecule has 3 aromatic rings. The second kappa shape index (κ2) is 7.23. The fourth-order valence-electron chi connectivity index (χ4n) is 5.44. The van der Waals surface area contributed by atoms with Gasteiger partial charge in [-0.1, -0.05) is 73.5 Å². The minimum atomic E-state index is -0.467. The number of aliphatic hydroxyl groups excluding tert-OH is 1. The summed E-state index contributed by atoms with van der Waals surface area (Å²) in [5.74, 6) is 0.174. The van der Waals surface area contributed by atoms with Gasteiger partial charge in [-0.15, -0.1) is 0 Å². The lowest BCUT2D eigenvalue weighted by molar-refractivity contribution is 0.0326. The van der Waals surface area contributed by atoms with Crippen LogP contribution in [0.15, 0.2) is 60.7 Å². The second-order valence-electron chi connectivity index (χ2n) is 8.28. The zero-order chi connectivity index (χ0) is 19.0. The highest BCUT2D eigenvalue weighted by atomic mass is 16.3. The predicted molar refractivity (Wildman–Crippen MR) is 115 cm³/mol. The Morgan fingerprint density at radius 2 is 1.86 bits per heavy atom. The number of nitrogens with one attached hydrogen (secondary N) is 2. The summed E-state index contributed by atoms with van der Waals surface area (Å²) in [4.78, 5) is 3.74. The van der Waals surface area contributed by atoms with Crippen molar-refractivity contribution in [2.75, 3.05) is 6.54 Å². The van der Waals surface area contributed by atoms with E-state index in [1.54, 1.807) is 0 Å². The summed E-state index contributed by atoms with van der Waals surface area (Å²) in [7, 11) is 0. The van der Waals surface area contributed by atoms with E-state index in [9.17, 15) is 5.11 Å². The van der Waals surface area contributed by atoms with Gasteiger partial charge < -0.3 is 15.4 Å². The molecule has 0 bridgehead atoms. The summed E-state index contributed by atoms with van der Waals surface area (Å²) in [6, 6.07) is 18.9. The lowest BCUT2D eigenvalue weighted by Crippen LogP contribution is -2.56. The molecular weight excluding hydrogens is 344 g/mol. The number of benzene rings is 2. The molecule has 3 nitrogen and oxygen atoms in total. The molecule has 0 saturated heterocycles. The maximum absolute atomic E-state index is 11.2. The van der Waals surface area contributed by atoms with E-state index in [1.165, 1.54) is 35.0 Å². The molecule has 3 heteroatoms. The molecule has 5 rings (SSSR count). The Kier molecular flexibility index (Phi) is 4.58. The molecule has 1 spiro atoms. The van der Waals surface area contributed by atoms with E-state index < -0.39 is 6.10 Å². The van der Waals surface area contributed by atoms with Gasteiger partial charge in [-0.05, 0) is 36.5 Å². The lowest BCUT2D eigenvalue weighted by Gasteiger charge is -2.48. The first kappa shape index (κ1) is 17.7. The van der Waals surface area contributed by atoms with Crippen LogP contribution in [0, 0.1) is 5.92 Å². The van der Waals surface area contributed by atoms with E-state index in [2.05, 4.69) is 52.8 Å². The normalized spacial score (nSPS) is 26.0. The van der Waals surface area contributed by atoms with Crippen LogP contribution in [0.25, 0.3) is 17.0 Å². The second-order valence-corrected chi connectivity index (χ2v) is 8.28. The Balaban J connectivity index is 1.54. The van der Waals surface area contributed by atoms with Gasteiger partial charge in [-0.3, -0.25) is 0 Å². The molecule has 1 aromatic heterocycles. The number of para-hydroxylation sites is 1. The van der Waals surface area contributed by atoms with Crippen LogP contribution in [0.3, 0.4) is 0 Å². The maximum Gasteiger partial charge on any atom is 0.0773 e.